The maximum Gasteiger partial charge on any atom is 0.275 e. The van der Waals surface area contributed by atoms with E-state index in [2.05, 4.69) is 28.7 Å². The van der Waals surface area contributed by atoms with Gasteiger partial charge in [0.25, 0.3) is 5.56 Å². The second kappa shape index (κ2) is 5.88. The number of nitrogens with zero attached hydrogens (tertiary/aromatic N) is 4. The first-order valence-corrected chi connectivity index (χ1v) is 8.46. The van der Waals surface area contributed by atoms with Gasteiger partial charge in [-0.3, -0.25) is 9.59 Å². The number of amides is 1. The third kappa shape index (κ3) is 2.54. The van der Waals surface area contributed by atoms with Crippen LogP contribution in [0.3, 0.4) is 0 Å². The monoisotopic (exact) mass is 336 g/mol. The van der Waals surface area contributed by atoms with Crippen LogP contribution in [-0.2, 0) is 17.9 Å². The van der Waals surface area contributed by atoms with Crippen molar-refractivity contribution < 1.29 is 4.79 Å². The molecule has 1 amide bonds. The number of carbonyl (C=O) groups excluding carboxylic acids is 1. The summed E-state index contributed by atoms with van der Waals surface area (Å²) in [5, 5.41) is 5.54. The van der Waals surface area contributed by atoms with Gasteiger partial charge in [0.1, 0.15) is 6.54 Å². The number of hydrogen-bond donors (Lipinski definition) is 0. The van der Waals surface area contributed by atoms with Crippen molar-refractivity contribution in [2.45, 2.75) is 33.0 Å². The third-order valence-electron chi connectivity index (χ3n) is 5.06. The number of fused-ring (bicyclic) bond motifs is 2. The molecule has 0 bridgehead atoms. The Bertz CT molecular complexity index is 1020. The lowest BCUT2D eigenvalue weighted by atomic mass is 10.1. The van der Waals surface area contributed by atoms with Crippen LogP contribution in [-0.4, -0.2) is 31.7 Å². The maximum atomic E-state index is 12.8. The molecule has 0 spiro atoms. The van der Waals surface area contributed by atoms with E-state index in [0.29, 0.717) is 11.9 Å². The van der Waals surface area contributed by atoms with E-state index in [-0.39, 0.29) is 24.1 Å². The van der Waals surface area contributed by atoms with Gasteiger partial charge >= 0.3 is 0 Å². The number of hydrogen-bond acceptors (Lipinski definition) is 3. The Morgan fingerprint density at radius 3 is 2.84 bits per heavy atom. The van der Waals surface area contributed by atoms with Crippen LogP contribution >= 0.6 is 0 Å². The fraction of sp³-hybridized carbons (Fsp3) is 0.316. The molecule has 3 aromatic rings. The third-order valence-corrected chi connectivity index (χ3v) is 5.06. The highest BCUT2D eigenvalue weighted by Crippen LogP contribution is 2.27. The molecule has 2 aromatic heterocycles. The molecule has 0 saturated carbocycles. The molecule has 1 aliphatic rings. The van der Waals surface area contributed by atoms with Gasteiger partial charge in [0.2, 0.25) is 5.91 Å². The second-order valence-corrected chi connectivity index (χ2v) is 6.51. The summed E-state index contributed by atoms with van der Waals surface area (Å²) in [5.41, 5.74) is 2.12. The highest BCUT2D eigenvalue weighted by Gasteiger charge is 2.28. The van der Waals surface area contributed by atoms with Crippen LogP contribution in [0.5, 0.6) is 0 Å². The summed E-state index contributed by atoms with van der Waals surface area (Å²) < 4.78 is 3.51. The lowest BCUT2D eigenvalue weighted by Gasteiger charge is -2.35. The van der Waals surface area contributed by atoms with Crippen LogP contribution in [0.2, 0.25) is 0 Å². The minimum absolute atomic E-state index is 0.00823. The van der Waals surface area contributed by atoms with Crippen molar-refractivity contribution in [2.24, 2.45) is 0 Å². The summed E-state index contributed by atoms with van der Waals surface area (Å²) in [6.07, 6.45) is 1.64. The van der Waals surface area contributed by atoms with Crippen LogP contribution in [0.25, 0.3) is 10.8 Å². The normalized spacial score (nSPS) is 16.9. The molecule has 0 aliphatic carbocycles. The summed E-state index contributed by atoms with van der Waals surface area (Å²) in [6.45, 7) is 5.49. The zero-order chi connectivity index (χ0) is 17.6. The quantitative estimate of drug-likeness (QED) is 0.720. The predicted octanol–water partition coefficient (Wildman–Crippen LogP) is 2.11. The Hall–Kier alpha value is -2.89. The molecule has 0 fully saturated rings. The van der Waals surface area contributed by atoms with Gasteiger partial charge < -0.3 is 9.47 Å². The van der Waals surface area contributed by atoms with Gasteiger partial charge in [-0.25, -0.2) is 4.68 Å². The Balaban J connectivity index is 1.61. The largest absolute Gasteiger partial charge is 0.345 e. The summed E-state index contributed by atoms with van der Waals surface area (Å²) in [6, 6.07) is 11.4. The SMILES string of the molecule is Cc1ccc2n1CCN(C(=O)Cn1ncc3ccccc3c1=O)C2C. The van der Waals surface area contributed by atoms with E-state index >= 15 is 0 Å². The Labute approximate surface area is 145 Å². The minimum atomic E-state index is -0.227. The van der Waals surface area contributed by atoms with Crippen LogP contribution in [0.1, 0.15) is 24.4 Å². The van der Waals surface area contributed by atoms with Crippen molar-refractivity contribution in [1.29, 1.82) is 0 Å². The van der Waals surface area contributed by atoms with Crippen LogP contribution in [0.15, 0.2) is 47.4 Å². The predicted molar refractivity (Wildman–Crippen MR) is 95.3 cm³/mol. The van der Waals surface area contributed by atoms with Gasteiger partial charge in [0.05, 0.1) is 17.6 Å². The van der Waals surface area contributed by atoms with E-state index in [1.54, 1.807) is 12.3 Å². The first-order chi connectivity index (χ1) is 12.1. The van der Waals surface area contributed by atoms with E-state index < -0.39 is 0 Å². The van der Waals surface area contributed by atoms with Crippen molar-refractivity contribution in [2.75, 3.05) is 6.54 Å². The van der Waals surface area contributed by atoms with Gasteiger partial charge in [-0.1, -0.05) is 18.2 Å². The summed E-state index contributed by atoms with van der Waals surface area (Å²) >= 11 is 0. The molecule has 6 nitrogen and oxygen atoms in total. The van der Waals surface area contributed by atoms with Crippen molar-refractivity contribution in [1.82, 2.24) is 19.2 Å². The van der Waals surface area contributed by atoms with Crippen molar-refractivity contribution in [3.63, 3.8) is 0 Å². The molecule has 1 aromatic carbocycles. The molecule has 0 saturated heterocycles. The van der Waals surface area contributed by atoms with Crippen LogP contribution in [0.4, 0.5) is 0 Å². The topological polar surface area (TPSA) is 60.1 Å². The fourth-order valence-electron chi connectivity index (χ4n) is 3.62. The fourth-order valence-corrected chi connectivity index (χ4v) is 3.62. The molecular weight excluding hydrogens is 316 g/mol. The van der Waals surface area contributed by atoms with Crippen molar-refractivity contribution in [3.8, 4) is 0 Å². The highest BCUT2D eigenvalue weighted by atomic mass is 16.2. The smallest absolute Gasteiger partial charge is 0.275 e. The summed E-state index contributed by atoms with van der Waals surface area (Å²) in [7, 11) is 0. The molecular formula is C19H20N4O2. The van der Waals surface area contributed by atoms with E-state index in [1.807, 2.05) is 30.0 Å². The lowest BCUT2D eigenvalue weighted by molar-refractivity contribution is -0.135. The molecule has 1 aliphatic heterocycles. The standard InChI is InChI=1S/C19H20N4O2/c1-13-7-8-17-14(2)22(10-9-21(13)17)18(24)12-23-19(25)16-6-4-3-5-15(16)11-20-23/h3-8,11,14H,9-10,12H2,1-2H3. The molecule has 0 N–H and O–H groups in total. The van der Waals surface area contributed by atoms with Gasteiger partial charge in [-0.2, -0.15) is 5.10 Å². The van der Waals surface area contributed by atoms with Crippen LogP contribution < -0.4 is 5.56 Å². The van der Waals surface area contributed by atoms with Gasteiger partial charge in [0, 0.05) is 29.9 Å². The number of rotatable bonds is 2. The van der Waals surface area contributed by atoms with Crippen molar-refractivity contribution >= 4 is 16.7 Å². The first kappa shape index (κ1) is 15.6. The Morgan fingerprint density at radius 1 is 1.20 bits per heavy atom. The van der Waals surface area contributed by atoms with E-state index in [9.17, 15) is 9.59 Å². The second-order valence-electron chi connectivity index (χ2n) is 6.51. The number of benzene rings is 1. The maximum absolute atomic E-state index is 12.8. The molecule has 4 rings (SSSR count). The molecule has 3 heterocycles. The number of carbonyl (C=O) groups is 1. The van der Waals surface area contributed by atoms with Crippen molar-refractivity contribution in [3.05, 3.63) is 64.3 Å². The molecule has 0 radical (unpaired) electrons. The zero-order valence-electron chi connectivity index (χ0n) is 14.3. The average molecular weight is 336 g/mol. The molecule has 1 unspecified atom stereocenters. The van der Waals surface area contributed by atoms with Gasteiger partial charge in [-0.15, -0.1) is 0 Å². The van der Waals surface area contributed by atoms with Gasteiger partial charge in [0.15, 0.2) is 0 Å². The van der Waals surface area contributed by atoms with Crippen LogP contribution in [0, 0.1) is 6.92 Å². The first-order valence-electron chi connectivity index (χ1n) is 8.46. The molecule has 1 atom stereocenters. The Kier molecular flexibility index (Phi) is 3.67. The lowest BCUT2D eigenvalue weighted by Crippen LogP contribution is -2.44. The van der Waals surface area contributed by atoms with E-state index in [0.717, 1.165) is 17.6 Å². The van der Waals surface area contributed by atoms with E-state index in [4.69, 9.17) is 0 Å². The molecule has 6 heteroatoms. The minimum Gasteiger partial charge on any atom is -0.345 e. The average Bonchev–Trinajstić information content (AvgIpc) is 3.00. The molecule has 128 valence electrons. The summed E-state index contributed by atoms with van der Waals surface area (Å²) in [4.78, 5) is 27.2. The molecule has 25 heavy (non-hydrogen) atoms. The zero-order valence-corrected chi connectivity index (χ0v) is 14.3. The van der Waals surface area contributed by atoms with E-state index in [1.165, 1.54) is 10.4 Å². The summed E-state index contributed by atoms with van der Waals surface area (Å²) in [5.74, 6) is -0.0810. The number of aryl methyl sites for hydroxylation is 1. The number of aromatic nitrogens is 3. The highest BCUT2D eigenvalue weighted by molar-refractivity contribution is 5.81. The Morgan fingerprint density at radius 2 is 2.00 bits per heavy atom. The van der Waals surface area contributed by atoms with Gasteiger partial charge in [-0.05, 0) is 32.0 Å².